The summed E-state index contributed by atoms with van der Waals surface area (Å²) in [6.45, 7) is 1.72. The van der Waals surface area contributed by atoms with E-state index in [0.29, 0.717) is 12.6 Å². The lowest BCUT2D eigenvalue weighted by Gasteiger charge is -2.29. The van der Waals surface area contributed by atoms with E-state index in [0.717, 1.165) is 38.6 Å². The molecule has 21 heavy (non-hydrogen) atoms. The molecule has 4 heteroatoms. The molecule has 0 atom stereocenters. The normalized spacial score (nSPS) is 18.7. The number of hydrogen-bond donors (Lipinski definition) is 1. The fourth-order valence-corrected chi connectivity index (χ4v) is 3.03. The Morgan fingerprint density at radius 3 is 2.71 bits per heavy atom. The summed E-state index contributed by atoms with van der Waals surface area (Å²) < 4.78 is 0. The van der Waals surface area contributed by atoms with Crippen molar-refractivity contribution in [2.45, 2.75) is 63.8 Å². The molecule has 1 amide bonds. The van der Waals surface area contributed by atoms with Crippen molar-refractivity contribution in [1.29, 1.82) is 0 Å². The summed E-state index contributed by atoms with van der Waals surface area (Å²) >= 11 is 0. The van der Waals surface area contributed by atoms with Gasteiger partial charge in [0.1, 0.15) is 0 Å². The molecule has 0 aromatic carbocycles. The molecule has 0 aromatic heterocycles. The number of nitrogens with zero attached hydrogens (tertiary/aromatic N) is 2. The molecule has 2 aliphatic rings. The molecule has 2 aliphatic carbocycles. The Bertz CT molecular complexity index is 364. The number of unbranched alkanes of at least 4 members (excludes halogenated alkanes) is 2. The molecule has 0 saturated heterocycles. The lowest BCUT2D eigenvalue weighted by atomic mass is 10.0. The fraction of sp³-hybridized carbons (Fsp3) is 0.824. The number of rotatable bonds is 9. The Balaban J connectivity index is 1.80. The largest absolute Gasteiger partial charge is 0.396 e. The van der Waals surface area contributed by atoms with Gasteiger partial charge in [-0.1, -0.05) is 6.08 Å². The zero-order valence-electron chi connectivity index (χ0n) is 13.4. The maximum Gasteiger partial charge on any atom is 0.241 e. The first-order valence-electron chi connectivity index (χ1n) is 8.53. The summed E-state index contributed by atoms with van der Waals surface area (Å²) in [5, 5.41) is 8.78. The Kier molecular flexibility index (Phi) is 6.71. The van der Waals surface area contributed by atoms with Crippen LogP contribution in [0.25, 0.3) is 0 Å². The number of hydrogen-bond acceptors (Lipinski definition) is 3. The molecule has 1 saturated carbocycles. The minimum atomic E-state index is 0.270. The van der Waals surface area contributed by atoms with Crippen LogP contribution in [-0.2, 0) is 4.79 Å². The van der Waals surface area contributed by atoms with Crippen LogP contribution in [0.15, 0.2) is 11.8 Å². The van der Waals surface area contributed by atoms with E-state index in [4.69, 9.17) is 5.11 Å². The van der Waals surface area contributed by atoms with Crippen molar-refractivity contribution in [3.05, 3.63) is 11.8 Å². The minimum Gasteiger partial charge on any atom is -0.396 e. The fourth-order valence-electron chi connectivity index (χ4n) is 3.03. The van der Waals surface area contributed by atoms with Crippen LogP contribution in [0.1, 0.15) is 57.8 Å². The maximum absolute atomic E-state index is 12.6. The van der Waals surface area contributed by atoms with Crippen LogP contribution in [0.2, 0.25) is 0 Å². The summed E-state index contributed by atoms with van der Waals surface area (Å²) in [4.78, 5) is 16.9. The number of likely N-dealkylation sites (N-methyl/N-ethyl adjacent to an activating group) is 1. The molecule has 0 spiro atoms. The second kappa shape index (κ2) is 8.54. The topological polar surface area (TPSA) is 43.8 Å². The maximum atomic E-state index is 12.6. The highest BCUT2D eigenvalue weighted by atomic mass is 16.2. The van der Waals surface area contributed by atoms with Gasteiger partial charge >= 0.3 is 0 Å². The molecular formula is C17H30N2O2. The zero-order chi connectivity index (χ0) is 15.1. The molecule has 0 aliphatic heterocycles. The third-order valence-corrected chi connectivity index (χ3v) is 4.36. The zero-order valence-corrected chi connectivity index (χ0v) is 13.4. The molecule has 1 fully saturated rings. The molecule has 4 nitrogen and oxygen atoms in total. The molecule has 0 heterocycles. The number of amides is 1. The first-order valence-corrected chi connectivity index (χ1v) is 8.53. The van der Waals surface area contributed by atoms with Crippen LogP contribution >= 0.6 is 0 Å². The molecule has 1 N–H and O–H groups in total. The Hall–Kier alpha value is -0.870. The van der Waals surface area contributed by atoms with Crippen molar-refractivity contribution in [2.24, 2.45) is 0 Å². The van der Waals surface area contributed by atoms with Gasteiger partial charge in [0, 0.05) is 18.3 Å². The van der Waals surface area contributed by atoms with Gasteiger partial charge in [0.15, 0.2) is 0 Å². The van der Waals surface area contributed by atoms with Gasteiger partial charge in [-0.3, -0.25) is 9.69 Å². The van der Waals surface area contributed by atoms with Crippen LogP contribution in [0.3, 0.4) is 0 Å². The van der Waals surface area contributed by atoms with Crippen LogP contribution in [0, 0.1) is 0 Å². The molecular weight excluding hydrogens is 264 g/mol. The van der Waals surface area contributed by atoms with E-state index < -0.39 is 0 Å². The van der Waals surface area contributed by atoms with Crippen molar-refractivity contribution in [3.63, 3.8) is 0 Å². The van der Waals surface area contributed by atoms with Crippen molar-refractivity contribution < 1.29 is 9.90 Å². The summed E-state index contributed by atoms with van der Waals surface area (Å²) in [6, 6.07) is 0.477. The number of carbonyl (C=O) groups excluding carboxylic acids is 1. The minimum absolute atomic E-state index is 0.270. The summed E-state index contributed by atoms with van der Waals surface area (Å²) in [5.41, 5.74) is 1.28. The first kappa shape index (κ1) is 16.5. The van der Waals surface area contributed by atoms with Crippen LogP contribution in [0.4, 0.5) is 0 Å². The predicted octanol–water partition coefficient (Wildman–Crippen LogP) is 2.53. The van der Waals surface area contributed by atoms with Gasteiger partial charge in [0.2, 0.25) is 5.91 Å². The molecule has 0 radical (unpaired) electrons. The Morgan fingerprint density at radius 1 is 1.29 bits per heavy atom. The number of aliphatic hydroxyl groups excluding tert-OH is 1. The SMILES string of the molecule is CN(CCCCCO)CC(=O)N(C1=CCCCC1)C1CC1. The van der Waals surface area contributed by atoms with Crippen LogP contribution in [-0.4, -0.2) is 53.6 Å². The highest BCUT2D eigenvalue weighted by Crippen LogP contribution is 2.33. The molecule has 2 rings (SSSR count). The van der Waals surface area contributed by atoms with Gasteiger partial charge in [-0.15, -0.1) is 0 Å². The van der Waals surface area contributed by atoms with Crippen molar-refractivity contribution in [1.82, 2.24) is 9.80 Å². The quantitative estimate of drug-likeness (QED) is 0.665. The highest BCUT2D eigenvalue weighted by Gasteiger charge is 2.35. The molecule has 0 bridgehead atoms. The van der Waals surface area contributed by atoms with Gasteiger partial charge in [-0.25, -0.2) is 0 Å². The summed E-state index contributed by atoms with van der Waals surface area (Å²) in [6.07, 6.45) is 12.3. The Labute approximate surface area is 128 Å². The monoisotopic (exact) mass is 294 g/mol. The van der Waals surface area contributed by atoms with Crippen LogP contribution in [0.5, 0.6) is 0 Å². The highest BCUT2D eigenvalue weighted by molar-refractivity contribution is 5.80. The summed E-state index contributed by atoms with van der Waals surface area (Å²) in [5.74, 6) is 0.273. The second-order valence-electron chi connectivity index (χ2n) is 6.46. The van der Waals surface area contributed by atoms with Crippen molar-refractivity contribution >= 4 is 5.91 Å². The third-order valence-electron chi connectivity index (χ3n) is 4.36. The Morgan fingerprint density at radius 2 is 2.10 bits per heavy atom. The predicted molar refractivity (Wildman–Crippen MR) is 84.9 cm³/mol. The van der Waals surface area contributed by atoms with Gasteiger partial charge < -0.3 is 10.0 Å². The van der Waals surface area contributed by atoms with E-state index in [1.807, 2.05) is 7.05 Å². The lowest BCUT2D eigenvalue weighted by molar-refractivity contribution is -0.130. The van der Waals surface area contributed by atoms with Crippen molar-refractivity contribution in [3.8, 4) is 0 Å². The smallest absolute Gasteiger partial charge is 0.241 e. The number of carbonyl (C=O) groups is 1. The van der Waals surface area contributed by atoms with Gasteiger partial charge in [-0.2, -0.15) is 0 Å². The van der Waals surface area contributed by atoms with E-state index in [2.05, 4.69) is 15.9 Å². The van der Waals surface area contributed by atoms with Crippen LogP contribution < -0.4 is 0 Å². The van der Waals surface area contributed by atoms with E-state index in [-0.39, 0.29) is 12.5 Å². The van der Waals surface area contributed by atoms with Crippen molar-refractivity contribution in [2.75, 3.05) is 26.7 Å². The van der Waals surface area contributed by atoms with E-state index >= 15 is 0 Å². The number of aliphatic hydroxyl groups is 1. The average Bonchev–Trinajstić information content (AvgIpc) is 3.30. The van der Waals surface area contributed by atoms with E-state index in [1.165, 1.54) is 31.4 Å². The van der Waals surface area contributed by atoms with E-state index in [9.17, 15) is 4.79 Å². The summed E-state index contributed by atoms with van der Waals surface area (Å²) in [7, 11) is 2.02. The molecule has 0 aromatic rings. The van der Waals surface area contributed by atoms with Gasteiger partial charge in [0.25, 0.3) is 0 Å². The third kappa shape index (κ3) is 5.44. The van der Waals surface area contributed by atoms with Gasteiger partial charge in [0.05, 0.1) is 6.54 Å². The molecule has 0 unspecified atom stereocenters. The first-order chi connectivity index (χ1) is 10.2. The average molecular weight is 294 g/mol. The van der Waals surface area contributed by atoms with E-state index in [1.54, 1.807) is 0 Å². The molecule has 120 valence electrons. The standard InChI is InChI=1S/C17H30N2O2/c1-18(12-6-3-7-13-20)14-17(21)19(16-10-11-16)15-8-4-2-5-9-15/h8,16,20H,2-7,9-14H2,1H3. The second-order valence-corrected chi connectivity index (χ2v) is 6.46. The van der Waals surface area contributed by atoms with Gasteiger partial charge in [-0.05, 0) is 71.4 Å². The lowest BCUT2D eigenvalue weighted by Crippen LogP contribution is -2.40. The number of allylic oxidation sites excluding steroid dienone is 2.